The number of fused-ring (bicyclic) bond motifs is 1. The quantitative estimate of drug-likeness (QED) is 0.279. The zero-order valence-corrected chi connectivity index (χ0v) is 19.4. The number of rotatable bonds is 4. The summed E-state index contributed by atoms with van der Waals surface area (Å²) < 4.78 is 0. The number of nitrogens with zero attached hydrogens (tertiary/aromatic N) is 3. The molecule has 6 N–H and O–H groups in total. The van der Waals surface area contributed by atoms with Gasteiger partial charge in [-0.3, -0.25) is 5.10 Å². The second kappa shape index (κ2) is 11.2. The van der Waals surface area contributed by atoms with E-state index in [4.69, 9.17) is 11.5 Å². The van der Waals surface area contributed by atoms with Gasteiger partial charge in [0, 0.05) is 48.9 Å². The van der Waals surface area contributed by atoms with Crippen LogP contribution >= 0.6 is 0 Å². The third-order valence-corrected chi connectivity index (χ3v) is 5.67. The van der Waals surface area contributed by atoms with E-state index in [1.54, 1.807) is 0 Å². The zero-order valence-electron chi connectivity index (χ0n) is 19.4. The molecule has 7 heteroatoms. The molecular weight excluding hydrogens is 422 g/mol. The van der Waals surface area contributed by atoms with Crippen LogP contribution in [0.3, 0.4) is 0 Å². The fourth-order valence-electron chi connectivity index (χ4n) is 3.82. The smallest absolute Gasteiger partial charge is 0.146 e. The van der Waals surface area contributed by atoms with Gasteiger partial charge in [0.25, 0.3) is 0 Å². The molecule has 34 heavy (non-hydrogen) atoms. The fourth-order valence-corrected chi connectivity index (χ4v) is 3.82. The SMILES string of the molecule is Cc1ccccc1.N/C=C(\N=C(/N)c1ccc2[nH]nc(-c3ccccc3)c2c1)N1CCNCC1. The second-order valence-electron chi connectivity index (χ2n) is 8.11. The van der Waals surface area contributed by atoms with E-state index in [0.717, 1.165) is 53.9 Å². The van der Waals surface area contributed by atoms with E-state index < -0.39 is 0 Å². The van der Waals surface area contributed by atoms with Crippen LogP contribution in [0.25, 0.3) is 22.2 Å². The van der Waals surface area contributed by atoms with Gasteiger partial charge >= 0.3 is 0 Å². The Kier molecular flexibility index (Phi) is 7.57. The van der Waals surface area contributed by atoms with Crippen molar-refractivity contribution in [1.29, 1.82) is 0 Å². The number of aryl methyl sites for hydroxylation is 1. The summed E-state index contributed by atoms with van der Waals surface area (Å²) in [5.74, 6) is 1.14. The predicted octanol–water partition coefficient (Wildman–Crippen LogP) is 3.59. The van der Waals surface area contributed by atoms with E-state index in [0.29, 0.717) is 11.7 Å². The van der Waals surface area contributed by atoms with E-state index in [2.05, 4.69) is 44.5 Å². The van der Waals surface area contributed by atoms with Crippen molar-refractivity contribution in [3.05, 3.63) is 102 Å². The standard InChI is InChI=1S/C20H23N7.C7H8/c21-13-18(27-10-8-23-9-11-27)24-20(22)15-6-7-17-16(12-15)19(26-25-17)14-4-2-1-3-5-14;1-7-5-3-2-4-6-7/h1-7,12-13,23H,8-11,21H2,(H2,22,24)(H,25,26);2-6H,1H3/b18-13+;. The summed E-state index contributed by atoms with van der Waals surface area (Å²) in [5, 5.41) is 11.9. The van der Waals surface area contributed by atoms with Crippen LogP contribution in [0.1, 0.15) is 11.1 Å². The topological polar surface area (TPSA) is 108 Å². The molecule has 7 nitrogen and oxygen atoms in total. The molecule has 0 atom stereocenters. The van der Waals surface area contributed by atoms with Gasteiger partial charge in [-0.2, -0.15) is 5.10 Å². The van der Waals surface area contributed by atoms with Gasteiger partial charge in [0.1, 0.15) is 11.7 Å². The highest BCUT2D eigenvalue weighted by Crippen LogP contribution is 2.27. The maximum atomic E-state index is 6.31. The van der Waals surface area contributed by atoms with Crippen LogP contribution < -0.4 is 16.8 Å². The van der Waals surface area contributed by atoms with Crippen molar-refractivity contribution in [3.8, 4) is 11.3 Å². The molecule has 0 amide bonds. The van der Waals surface area contributed by atoms with Gasteiger partial charge in [0.15, 0.2) is 0 Å². The number of hydrogen-bond donors (Lipinski definition) is 4. The van der Waals surface area contributed by atoms with Crippen LogP contribution in [-0.4, -0.2) is 47.1 Å². The van der Waals surface area contributed by atoms with E-state index >= 15 is 0 Å². The number of piperazine rings is 1. The predicted molar refractivity (Wildman–Crippen MR) is 140 cm³/mol. The van der Waals surface area contributed by atoms with Crippen LogP contribution in [0.4, 0.5) is 0 Å². The lowest BCUT2D eigenvalue weighted by molar-refractivity contribution is 0.296. The molecule has 0 unspecified atom stereocenters. The highest BCUT2D eigenvalue weighted by Gasteiger charge is 2.14. The van der Waals surface area contributed by atoms with Crippen LogP contribution in [0.5, 0.6) is 0 Å². The van der Waals surface area contributed by atoms with Crippen molar-refractivity contribution in [2.24, 2.45) is 16.5 Å². The summed E-state index contributed by atoms with van der Waals surface area (Å²) in [6.07, 6.45) is 1.52. The molecule has 0 bridgehead atoms. The molecule has 5 rings (SSSR count). The van der Waals surface area contributed by atoms with Gasteiger partial charge in [-0.1, -0.05) is 66.2 Å². The molecule has 0 spiro atoms. The van der Waals surface area contributed by atoms with Crippen molar-refractivity contribution in [2.45, 2.75) is 6.92 Å². The number of H-pyrrole nitrogens is 1. The minimum atomic E-state index is 0.437. The Morgan fingerprint density at radius 3 is 2.26 bits per heavy atom. The average Bonchev–Trinajstić information content (AvgIpc) is 3.32. The molecule has 1 aliphatic rings. The Morgan fingerprint density at radius 1 is 0.971 bits per heavy atom. The van der Waals surface area contributed by atoms with Gasteiger partial charge in [-0.05, 0) is 25.1 Å². The van der Waals surface area contributed by atoms with Crippen LogP contribution in [0, 0.1) is 6.92 Å². The number of nitrogens with one attached hydrogen (secondary N) is 2. The first-order valence-corrected chi connectivity index (χ1v) is 11.4. The number of nitrogens with two attached hydrogens (primary N) is 2. The summed E-state index contributed by atoms with van der Waals surface area (Å²) in [5.41, 5.74) is 17.2. The van der Waals surface area contributed by atoms with Crippen molar-refractivity contribution in [3.63, 3.8) is 0 Å². The Balaban J connectivity index is 0.000000336. The van der Waals surface area contributed by atoms with Gasteiger partial charge < -0.3 is 21.7 Å². The Labute approximate surface area is 200 Å². The molecule has 0 saturated carbocycles. The maximum Gasteiger partial charge on any atom is 0.146 e. The first kappa shape index (κ1) is 23.1. The molecule has 3 aromatic carbocycles. The van der Waals surface area contributed by atoms with Crippen LogP contribution in [0.15, 0.2) is 95.9 Å². The molecule has 2 heterocycles. The van der Waals surface area contributed by atoms with Gasteiger partial charge in [0.2, 0.25) is 0 Å². The third-order valence-electron chi connectivity index (χ3n) is 5.67. The van der Waals surface area contributed by atoms with Crippen molar-refractivity contribution >= 4 is 16.7 Å². The Bertz CT molecular complexity index is 1250. The normalized spacial score (nSPS) is 14.6. The van der Waals surface area contributed by atoms with Crippen molar-refractivity contribution in [1.82, 2.24) is 20.4 Å². The van der Waals surface area contributed by atoms with E-state index in [9.17, 15) is 0 Å². The summed E-state index contributed by atoms with van der Waals surface area (Å²) in [7, 11) is 0. The number of aromatic nitrogens is 2. The number of aliphatic imine (C=N–C) groups is 1. The minimum absolute atomic E-state index is 0.437. The molecule has 1 fully saturated rings. The molecule has 4 aromatic rings. The lowest BCUT2D eigenvalue weighted by Gasteiger charge is -2.29. The molecule has 174 valence electrons. The third kappa shape index (κ3) is 5.63. The van der Waals surface area contributed by atoms with Crippen LogP contribution in [0.2, 0.25) is 0 Å². The number of hydrogen-bond acceptors (Lipinski definition) is 5. The zero-order chi connectivity index (χ0) is 23.8. The molecule has 1 aliphatic heterocycles. The molecule has 0 aliphatic carbocycles. The lowest BCUT2D eigenvalue weighted by atomic mass is 10.1. The highest BCUT2D eigenvalue weighted by molar-refractivity contribution is 6.03. The largest absolute Gasteiger partial charge is 0.402 e. The van der Waals surface area contributed by atoms with Gasteiger partial charge in [0.05, 0.1) is 11.2 Å². The van der Waals surface area contributed by atoms with Crippen LogP contribution in [-0.2, 0) is 0 Å². The van der Waals surface area contributed by atoms with Crippen molar-refractivity contribution < 1.29 is 0 Å². The highest BCUT2D eigenvalue weighted by atomic mass is 15.3. The first-order valence-electron chi connectivity index (χ1n) is 11.4. The summed E-state index contributed by atoms with van der Waals surface area (Å²) in [6.45, 7) is 5.62. The number of amidine groups is 1. The van der Waals surface area contributed by atoms with E-state index in [1.165, 1.54) is 11.8 Å². The average molecular weight is 454 g/mol. The monoisotopic (exact) mass is 453 g/mol. The minimum Gasteiger partial charge on any atom is -0.402 e. The number of benzene rings is 3. The fraction of sp³-hybridized carbons (Fsp3) is 0.185. The maximum absolute atomic E-state index is 6.31. The summed E-state index contributed by atoms with van der Waals surface area (Å²) >= 11 is 0. The van der Waals surface area contributed by atoms with Gasteiger partial charge in [-0.25, -0.2) is 4.99 Å². The molecule has 0 radical (unpaired) electrons. The Morgan fingerprint density at radius 2 is 1.65 bits per heavy atom. The first-order chi connectivity index (χ1) is 16.7. The number of aromatic amines is 1. The second-order valence-corrected chi connectivity index (χ2v) is 8.11. The molecular formula is C27H31N7. The molecule has 1 aromatic heterocycles. The van der Waals surface area contributed by atoms with Crippen molar-refractivity contribution in [2.75, 3.05) is 26.2 Å². The Hall–Kier alpha value is -4.10. The lowest BCUT2D eigenvalue weighted by Crippen LogP contribution is -2.43. The van der Waals surface area contributed by atoms with Gasteiger partial charge in [-0.15, -0.1) is 0 Å². The van der Waals surface area contributed by atoms with E-state index in [-0.39, 0.29) is 0 Å². The summed E-state index contributed by atoms with van der Waals surface area (Å²) in [6, 6.07) is 26.3. The molecule has 1 saturated heterocycles. The van der Waals surface area contributed by atoms with E-state index in [1.807, 2.05) is 66.7 Å². The summed E-state index contributed by atoms with van der Waals surface area (Å²) in [4.78, 5) is 6.71.